The van der Waals surface area contributed by atoms with Gasteiger partial charge < -0.3 is 18.9 Å². The van der Waals surface area contributed by atoms with Gasteiger partial charge in [-0.25, -0.2) is 0 Å². The van der Waals surface area contributed by atoms with E-state index in [2.05, 4.69) is 18.9 Å². The molecule has 0 aliphatic carbocycles. The van der Waals surface area contributed by atoms with E-state index in [4.69, 9.17) is 0 Å². The minimum Gasteiger partial charge on any atom is -0.469 e. The molecule has 0 fully saturated rings. The van der Waals surface area contributed by atoms with Gasteiger partial charge in [-0.1, -0.05) is 0 Å². The molecule has 0 aromatic heterocycles. The second kappa shape index (κ2) is 10.6. The van der Waals surface area contributed by atoms with Gasteiger partial charge in [0.25, 0.3) is 10.2 Å². The van der Waals surface area contributed by atoms with Gasteiger partial charge in [0, 0.05) is 0 Å². The quantitative estimate of drug-likeness (QED) is 0.307. The molecule has 0 radical (unpaired) electrons. The summed E-state index contributed by atoms with van der Waals surface area (Å²) in [6.45, 7) is 0. The molecule has 13 heteroatoms. The maximum atomic E-state index is 12.1. The maximum absolute atomic E-state index is 12.1. The predicted molar refractivity (Wildman–Crippen MR) is 80.1 cm³/mol. The molecule has 25 heavy (non-hydrogen) atoms. The summed E-state index contributed by atoms with van der Waals surface area (Å²) in [7, 11) is -0.440. The lowest BCUT2D eigenvalue weighted by Gasteiger charge is -2.19. The molecule has 0 aliphatic heterocycles. The molecule has 0 aliphatic rings. The fourth-order valence-electron chi connectivity index (χ4n) is 1.54. The molecule has 0 amide bonds. The van der Waals surface area contributed by atoms with E-state index in [1.807, 2.05) is 9.44 Å². The highest BCUT2D eigenvalue weighted by molar-refractivity contribution is 7.87. The lowest BCUT2D eigenvalue weighted by Crippen LogP contribution is -2.52. The Balaban J connectivity index is 5.26. The zero-order valence-corrected chi connectivity index (χ0v) is 14.9. The van der Waals surface area contributed by atoms with Crippen molar-refractivity contribution in [3.05, 3.63) is 0 Å². The molecular weight excluding hydrogens is 364 g/mol. The first kappa shape index (κ1) is 22.8. The van der Waals surface area contributed by atoms with Crippen LogP contribution in [0.15, 0.2) is 0 Å². The van der Waals surface area contributed by atoms with Crippen molar-refractivity contribution in [2.75, 3.05) is 28.4 Å². The average Bonchev–Trinajstić information content (AvgIpc) is 2.58. The Morgan fingerprint density at radius 3 is 1.28 bits per heavy atom. The van der Waals surface area contributed by atoms with Crippen LogP contribution in [0.25, 0.3) is 0 Å². The lowest BCUT2D eigenvalue weighted by atomic mass is 10.2. The van der Waals surface area contributed by atoms with E-state index in [9.17, 15) is 27.6 Å². The van der Waals surface area contributed by atoms with Crippen LogP contribution in [0.1, 0.15) is 12.8 Å². The molecule has 2 unspecified atom stereocenters. The third kappa shape index (κ3) is 8.42. The summed E-state index contributed by atoms with van der Waals surface area (Å²) in [5.41, 5.74) is 0. The molecule has 0 heterocycles. The van der Waals surface area contributed by atoms with Crippen LogP contribution in [-0.2, 0) is 48.3 Å². The number of carbonyl (C=O) groups excluding carboxylic acids is 4. The molecule has 0 aromatic rings. The average molecular weight is 384 g/mol. The summed E-state index contributed by atoms with van der Waals surface area (Å²) in [5, 5.41) is 0. The highest BCUT2D eigenvalue weighted by atomic mass is 32.2. The van der Waals surface area contributed by atoms with Gasteiger partial charge in [0.2, 0.25) is 0 Å². The highest BCUT2D eigenvalue weighted by Crippen LogP contribution is 2.03. The largest absolute Gasteiger partial charge is 0.469 e. The van der Waals surface area contributed by atoms with Crippen molar-refractivity contribution in [3.63, 3.8) is 0 Å². The van der Waals surface area contributed by atoms with Gasteiger partial charge in [-0.05, 0) is 0 Å². The third-order valence-electron chi connectivity index (χ3n) is 2.76. The van der Waals surface area contributed by atoms with Gasteiger partial charge in [-0.3, -0.25) is 19.2 Å². The number of hydrogen-bond acceptors (Lipinski definition) is 10. The molecular formula is C12H20N2O10S. The number of carbonyl (C=O) groups is 4. The number of methoxy groups -OCH3 is 4. The van der Waals surface area contributed by atoms with Crippen molar-refractivity contribution in [1.29, 1.82) is 0 Å². The zero-order chi connectivity index (χ0) is 19.6. The highest BCUT2D eigenvalue weighted by Gasteiger charge is 2.32. The van der Waals surface area contributed by atoms with Crippen molar-refractivity contribution in [2.45, 2.75) is 24.9 Å². The van der Waals surface area contributed by atoms with Gasteiger partial charge in [-0.15, -0.1) is 0 Å². The molecule has 12 nitrogen and oxygen atoms in total. The van der Waals surface area contributed by atoms with Gasteiger partial charge in [0.15, 0.2) is 0 Å². The monoisotopic (exact) mass is 384 g/mol. The Hall–Kier alpha value is -2.25. The first-order valence-electron chi connectivity index (χ1n) is 6.69. The van der Waals surface area contributed by atoms with Crippen LogP contribution in [0.4, 0.5) is 0 Å². The molecule has 144 valence electrons. The smallest absolute Gasteiger partial charge is 0.324 e. The number of ether oxygens (including phenoxy) is 4. The summed E-state index contributed by atoms with van der Waals surface area (Å²) >= 11 is 0. The van der Waals surface area contributed by atoms with Gasteiger partial charge in [-0.2, -0.15) is 17.9 Å². The van der Waals surface area contributed by atoms with E-state index in [0.717, 1.165) is 28.4 Å². The van der Waals surface area contributed by atoms with Crippen LogP contribution in [-0.4, -0.2) is 72.8 Å². The molecule has 0 aromatic carbocycles. The van der Waals surface area contributed by atoms with Crippen LogP contribution >= 0.6 is 0 Å². The van der Waals surface area contributed by atoms with E-state index in [-0.39, 0.29) is 0 Å². The predicted octanol–water partition coefficient (Wildman–Crippen LogP) is -2.38. The number of nitrogens with one attached hydrogen (secondary N) is 2. The zero-order valence-electron chi connectivity index (χ0n) is 14.1. The van der Waals surface area contributed by atoms with Crippen molar-refractivity contribution in [2.24, 2.45) is 0 Å². The Bertz CT molecular complexity index is 557. The number of esters is 4. The van der Waals surface area contributed by atoms with Gasteiger partial charge in [0.05, 0.1) is 41.3 Å². The molecule has 2 N–H and O–H groups in total. The molecule has 0 saturated carbocycles. The van der Waals surface area contributed by atoms with E-state index in [0.29, 0.717) is 0 Å². The standard InChI is InChI=1S/C12H20N2O10S/c1-21-9(15)5-7(11(17)23-3)13-25(19,20)14-8(12(18)24-4)6-10(16)22-2/h7-8,13-14H,5-6H2,1-4H3. The molecule has 0 bridgehead atoms. The lowest BCUT2D eigenvalue weighted by molar-refractivity contribution is -0.149. The summed E-state index contributed by atoms with van der Waals surface area (Å²) in [6.07, 6.45) is -1.30. The molecule has 0 saturated heterocycles. The van der Waals surface area contributed by atoms with Gasteiger partial charge >= 0.3 is 23.9 Å². The van der Waals surface area contributed by atoms with Crippen LogP contribution in [0, 0.1) is 0 Å². The van der Waals surface area contributed by atoms with Crippen LogP contribution in [0.5, 0.6) is 0 Å². The van der Waals surface area contributed by atoms with Crippen LogP contribution in [0.3, 0.4) is 0 Å². The fraction of sp³-hybridized carbons (Fsp3) is 0.667. The second-order valence-electron chi connectivity index (χ2n) is 4.45. The van der Waals surface area contributed by atoms with Crippen molar-refractivity contribution in [1.82, 2.24) is 9.44 Å². The Morgan fingerprint density at radius 1 is 0.720 bits per heavy atom. The fourth-order valence-corrected chi connectivity index (χ4v) is 2.72. The van der Waals surface area contributed by atoms with E-state index in [1.54, 1.807) is 0 Å². The Kier molecular flexibility index (Phi) is 9.63. The topological polar surface area (TPSA) is 163 Å². The van der Waals surface area contributed by atoms with Crippen molar-refractivity contribution < 1.29 is 46.5 Å². The normalized spacial score (nSPS) is 13.3. The Morgan fingerprint density at radius 2 is 1.04 bits per heavy atom. The third-order valence-corrected chi connectivity index (χ3v) is 3.95. The van der Waals surface area contributed by atoms with Gasteiger partial charge in [0.1, 0.15) is 12.1 Å². The first-order valence-corrected chi connectivity index (χ1v) is 8.17. The number of hydrogen-bond donors (Lipinski definition) is 2. The summed E-state index contributed by atoms with van der Waals surface area (Å²) in [4.78, 5) is 45.7. The van der Waals surface area contributed by atoms with E-state index in [1.165, 1.54) is 0 Å². The SMILES string of the molecule is COC(=O)CC(NS(=O)(=O)NC(CC(=O)OC)C(=O)OC)C(=O)OC. The minimum atomic E-state index is -4.52. The second-order valence-corrected chi connectivity index (χ2v) is 5.93. The summed E-state index contributed by atoms with van der Waals surface area (Å²) < 4.78 is 45.3. The molecule has 2 atom stereocenters. The molecule has 0 rings (SSSR count). The van der Waals surface area contributed by atoms with Crippen molar-refractivity contribution in [3.8, 4) is 0 Å². The van der Waals surface area contributed by atoms with Crippen molar-refractivity contribution >= 4 is 34.1 Å². The van der Waals surface area contributed by atoms with Crippen LogP contribution < -0.4 is 9.44 Å². The summed E-state index contributed by atoms with van der Waals surface area (Å²) in [5.74, 6) is -3.87. The number of rotatable bonds is 10. The van der Waals surface area contributed by atoms with E-state index < -0.39 is 59.0 Å². The molecule has 0 spiro atoms. The Labute approximate surface area is 144 Å². The summed E-state index contributed by atoms with van der Waals surface area (Å²) in [6, 6.07) is -3.21. The maximum Gasteiger partial charge on any atom is 0.324 e. The minimum absolute atomic E-state index is 0.649. The van der Waals surface area contributed by atoms with Crippen LogP contribution in [0.2, 0.25) is 0 Å². The first-order chi connectivity index (χ1) is 11.6. The van der Waals surface area contributed by atoms with E-state index >= 15 is 0 Å².